The van der Waals surface area contributed by atoms with Gasteiger partial charge in [-0.1, -0.05) is 12.1 Å². The molecule has 0 saturated heterocycles. The average molecular weight is 357 g/mol. The summed E-state index contributed by atoms with van der Waals surface area (Å²) in [4.78, 5) is 13.1. The van der Waals surface area contributed by atoms with Gasteiger partial charge in [0.15, 0.2) is 0 Å². The number of fused-ring (bicyclic) bond motifs is 1. The maximum atomic E-state index is 14.5. The minimum atomic E-state index is -1.04. The van der Waals surface area contributed by atoms with E-state index in [0.717, 1.165) is 24.5 Å². The normalized spacial score (nSPS) is 19.0. The van der Waals surface area contributed by atoms with E-state index in [-0.39, 0.29) is 5.83 Å². The first-order valence-electron chi connectivity index (χ1n) is 9.08. The Morgan fingerprint density at radius 3 is 2.62 bits per heavy atom. The molecular formula is C22H28FNO2. The third-order valence-corrected chi connectivity index (χ3v) is 4.86. The van der Waals surface area contributed by atoms with Crippen LogP contribution in [-0.4, -0.2) is 23.2 Å². The van der Waals surface area contributed by atoms with Crippen molar-refractivity contribution in [1.29, 1.82) is 0 Å². The highest BCUT2D eigenvalue weighted by molar-refractivity contribution is 5.81. The summed E-state index contributed by atoms with van der Waals surface area (Å²) in [6.07, 6.45) is 5.96. The molecule has 26 heavy (non-hydrogen) atoms. The quantitative estimate of drug-likeness (QED) is 0.557. The van der Waals surface area contributed by atoms with Crippen LogP contribution in [-0.2, 0) is 11.2 Å². The van der Waals surface area contributed by atoms with Crippen molar-refractivity contribution in [3.8, 4) is 0 Å². The van der Waals surface area contributed by atoms with Crippen LogP contribution >= 0.6 is 0 Å². The van der Waals surface area contributed by atoms with Gasteiger partial charge in [0.2, 0.25) is 0 Å². The number of anilines is 1. The van der Waals surface area contributed by atoms with Gasteiger partial charge in [0, 0.05) is 23.8 Å². The second-order valence-electron chi connectivity index (χ2n) is 7.27. The van der Waals surface area contributed by atoms with Gasteiger partial charge in [-0.15, -0.1) is 0 Å². The molecular weight excluding hydrogens is 329 g/mol. The van der Waals surface area contributed by atoms with E-state index in [0.29, 0.717) is 23.2 Å². The van der Waals surface area contributed by atoms with E-state index in [2.05, 4.69) is 37.8 Å². The number of allylic oxidation sites excluding steroid dienone is 5. The average Bonchev–Trinajstić information content (AvgIpc) is 2.57. The minimum Gasteiger partial charge on any atom is -0.478 e. The van der Waals surface area contributed by atoms with Crippen LogP contribution in [0.5, 0.6) is 0 Å². The predicted octanol–water partition coefficient (Wildman–Crippen LogP) is 5.52. The molecule has 1 heterocycles. The number of hydrogen-bond acceptors (Lipinski definition) is 2. The molecule has 2 rings (SSSR count). The van der Waals surface area contributed by atoms with E-state index in [4.69, 9.17) is 5.11 Å². The summed E-state index contributed by atoms with van der Waals surface area (Å²) in [6, 6.07) is 7.08. The number of benzene rings is 1. The van der Waals surface area contributed by atoms with E-state index >= 15 is 0 Å². The zero-order valence-corrected chi connectivity index (χ0v) is 16.2. The lowest BCUT2D eigenvalue weighted by Gasteiger charge is -2.40. The van der Waals surface area contributed by atoms with E-state index in [1.54, 1.807) is 13.8 Å². The van der Waals surface area contributed by atoms with Crippen molar-refractivity contribution < 1.29 is 14.3 Å². The summed E-state index contributed by atoms with van der Waals surface area (Å²) in [5.74, 6) is -1.39. The fraction of sp³-hybridized carbons (Fsp3) is 0.409. The predicted molar refractivity (Wildman–Crippen MR) is 106 cm³/mol. The van der Waals surface area contributed by atoms with Crippen molar-refractivity contribution in [3.05, 3.63) is 59.0 Å². The number of hydrogen-bond donors (Lipinski definition) is 1. The highest BCUT2D eigenvalue weighted by Crippen LogP contribution is 2.34. The molecule has 0 spiro atoms. The molecule has 4 heteroatoms. The second-order valence-corrected chi connectivity index (χ2v) is 7.27. The fourth-order valence-electron chi connectivity index (χ4n) is 3.51. The summed E-state index contributed by atoms with van der Waals surface area (Å²) in [5, 5.41) is 8.71. The molecule has 140 valence electrons. The molecule has 0 radical (unpaired) electrons. The second kappa shape index (κ2) is 8.35. The smallest absolute Gasteiger partial charge is 0.328 e. The topological polar surface area (TPSA) is 40.5 Å². The first-order valence-corrected chi connectivity index (χ1v) is 9.08. The molecule has 1 aromatic rings. The molecule has 0 fully saturated rings. The lowest BCUT2D eigenvalue weighted by Crippen LogP contribution is -2.42. The Kier molecular flexibility index (Phi) is 6.41. The first-order chi connectivity index (χ1) is 12.2. The Balaban J connectivity index is 2.32. The minimum absolute atomic E-state index is 0.354. The van der Waals surface area contributed by atoms with Gasteiger partial charge in [-0.3, -0.25) is 0 Å². The van der Waals surface area contributed by atoms with Crippen LogP contribution in [0.1, 0.15) is 52.2 Å². The molecule has 1 unspecified atom stereocenters. The maximum Gasteiger partial charge on any atom is 0.328 e. The van der Waals surface area contributed by atoms with Gasteiger partial charge in [0.05, 0.1) is 0 Å². The molecule has 1 atom stereocenters. The van der Waals surface area contributed by atoms with Crippen LogP contribution in [0.25, 0.3) is 5.57 Å². The summed E-state index contributed by atoms with van der Waals surface area (Å²) in [6.45, 7) is 10.0. The zero-order chi connectivity index (χ0) is 19.4. The van der Waals surface area contributed by atoms with E-state index in [1.165, 1.54) is 23.4 Å². The number of aliphatic carboxylic acids is 1. The van der Waals surface area contributed by atoms with Crippen molar-refractivity contribution in [2.24, 2.45) is 0 Å². The summed E-state index contributed by atoms with van der Waals surface area (Å²) < 4.78 is 14.5. The Morgan fingerprint density at radius 2 is 2.00 bits per heavy atom. The number of nitrogens with zero attached hydrogens (tertiary/aromatic N) is 1. The number of rotatable bonds is 5. The largest absolute Gasteiger partial charge is 0.478 e. The van der Waals surface area contributed by atoms with Crippen molar-refractivity contribution in [1.82, 2.24) is 0 Å². The Bertz CT molecular complexity index is 774. The Hall–Kier alpha value is -2.36. The lowest BCUT2D eigenvalue weighted by molar-refractivity contribution is -0.131. The van der Waals surface area contributed by atoms with Gasteiger partial charge < -0.3 is 10.0 Å². The van der Waals surface area contributed by atoms with Crippen molar-refractivity contribution in [2.75, 3.05) is 4.90 Å². The van der Waals surface area contributed by atoms with Crippen molar-refractivity contribution >= 4 is 17.2 Å². The van der Waals surface area contributed by atoms with Crippen molar-refractivity contribution in [3.63, 3.8) is 0 Å². The van der Waals surface area contributed by atoms with Crippen LogP contribution < -0.4 is 4.90 Å². The molecule has 1 aliphatic heterocycles. The Morgan fingerprint density at radius 1 is 1.31 bits per heavy atom. The van der Waals surface area contributed by atoms with E-state index < -0.39 is 5.97 Å². The number of carbonyl (C=O) groups is 1. The van der Waals surface area contributed by atoms with Gasteiger partial charge in [0.1, 0.15) is 5.83 Å². The molecule has 0 amide bonds. The summed E-state index contributed by atoms with van der Waals surface area (Å²) in [5.41, 5.74) is 4.41. The van der Waals surface area contributed by atoms with Gasteiger partial charge in [-0.05, 0) is 87.9 Å². The molecule has 0 bridgehead atoms. The summed E-state index contributed by atoms with van der Waals surface area (Å²) in [7, 11) is 0. The third-order valence-electron chi connectivity index (χ3n) is 4.86. The molecule has 3 nitrogen and oxygen atoms in total. The summed E-state index contributed by atoms with van der Waals surface area (Å²) >= 11 is 0. The van der Waals surface area contributed by atoms with E-state index in [1.807, 2.05) is 6.07 Å². The molecule has 1 aromatic carbocycles. The molecule has 1 N–H and O–H groups in total. The SMILES string of the molecule is CC(C=CC(F)=C(C)c1ccc2c(c1)CCC(C)N2C(C)C)=CC(=O)O. The highest BCUT2D eigenvalue weighted by atomic mass is 19.1. The third kappa shape index (κ3) is 4.63. The van der Waals surface area contributed by atoms with E-state index in [9.17, 15) is 9.18 Å². The van der Waals surface area contributed by atoms with Gasteiger partial charge in [-0.25, -0.2) is 9.18 Å². The lowest BCUT2D eigenvalue weighted by atomic mass is 9.92. The number of aryl methyl sites for hydroxylation is 1. The number of halogens is 1. The van der Waals surface area contributed by atoms with Gasteiger partial charge in [-0.2, -0.15) is 0 Å². The van der Waals surface area contributed by atoms with Gasteiger partial charge in [0.25, 0.3) is 0 Å². The molecule has 0 saturated carbocycles. The van der Waals surface area contributed by atoms with Crippen LogP contribution in [0.15, 0.2) is 47.8 Å². The maximum absolute atomic E-state index is 14.5. The van der Waals surface area contributed by atoms with Crippen LogP contribution in [0.4, 0.5) is 10.1 Å². The van der Waals surface area contributed by atoms with Crippen LogP contribution in [0, 0.1) is 0 Å². The van der Waals surface area contributed by atoms with Gasteiger partial charge >= 0.3 is 5.97 Å². The fourth-order valence-corrected chi connectivity index (χ4v) is 3.51. The van der Waals surface area contributed by atoms with Crippen LogP contribution in [0.3, 0.4) is 0 Å². The number of carboxylic acids is 1. The number of carboxylic acid groups (broad SMARTS) is 1. The Labute approximate surface area is 155 Å². The zero-order valence-electron chi connectivity index (χ0n) is 16.2. The first kappa shape index (κ1) is 20.0. The molecule has 0 aromatic heterocycles. The standard InChI is InChI=1S/C22H28FNO2/c1-14(2)24-16(4)7-8-19-13-18(9-11-21(19)24)17(5)20(23)10-6-15(3)12-22(25)26/h6,9-14,16H,7-8H2,1-5H3,(H,25,26). The molecule has 1 aliphatic rings. The monoisotopic (exact) mass is 357 g/mol. The highest BCUT2D eigenvalue weighted by Gasteiger charge is 2.25. The molecule has 0 aliphatic carbocycles. The van der Waals surface area contributed by atoms with Crippen LogP contribution in [0.2, 0.25) is 0 Å². The van der Waals surface area contributed by atoms with Crippen molar-refractivity contribution in [2.45, 2.75) is 59.5 Å².